The van der Waals surface area contributed by atoms with Gasteiger partial charge in [0.15, 0.2) is 22.5 Å². The average Bonchev–Trinajstić information content (AvgIpc) is 2.58. The quantitative estimate of drug-likeness (QED) is 0.684. The van der Waals surface area contributed by atoms with E-state index >= 15 is 0 Å². The molecule has 23 heavy (non-hydrogen) atoms. The van der Waals surface area contributed by atoms with E-state index in [0.29, 0.717) is 48.1 Å². The standard InChI is InChI=1S/C16H19ClN4O2/c1-2-23-13-14(17)19-15(11-3-5-12(18)6-4-11)20-16(13)21-7-9-22-10-8-21/h3-6H,2,7-10,18H2,1H3. The molecule has 6 nitrogen and oxygen atoms in total. The number of rotatable bonds is 4. The molecule has 1 aliphatic rings. The van der Waals surface area contributed by atoms with Crippen LogP contribution in [0.1, 0.15) is 6.92 Å². The summed E-state index contributed by atoms with van der Waals surface area (Å²) >= 11 is 6.35. The van der Waals surface area contributed by atoms with Crippen molar-refractivity contribution in [3.05, 3.63) is 29.4 Å². The molecular formula is C16H19ClN4O2. The van der Waals surface area contributed by atoms with Crippen LogP contribution in [-0.2, 0) is 4.74 Å². The molecule has 0 spiro atoms. The summed E-state index contributed by atoms with van der Waals surface area (Å²) in [5.74, 6) is 1.79. The lowest BCUT2D eigenvalue weighted by atomic mass is 10.2. The highest BCUT2D eigenvalue weighted by molar-refractivity contribution is 6.31. The number of benzene rings is 1. The molecule has 0 radical (unpaired) electrons. The molecule has 1 saturated heterocycles. The van der Waals surface area contributed by atoms with Gasteiger partial charge in [-0.05, 0) is 31.2 Å². The lowest BCUT2D eigenvalue weighted by Crippen LogP contribution is -2.37. The highest BCUT2D eigenvalue weighted by atomic mass is 35.5. The molecule has 7 heteroatoms. The number of hydrogen-bond acceptors (Lipinski definition) is 6. The summed E-state index contributed by atoms with van der Waals surface area (Å²) in [4.78, 5) is 11.2. The zero-order chi connectivity index (χ0) is 16.2. The Hall–Kier alpha value is -2.05. The molecule has 0 amide bonds. The topological polar surface area (TPSA) is 73.5 Å². The van der Waals surface area contributed by atoms with Crippen LogP contribution < -0.4 is 15.4 Å². The second-order valence-corrected chi connectivity index (χ2v) is 5.50. The first-order valence-corrected chi connectivity index (χ1v) is 7.95. The molecule has 2 aromatic rings. The summed E-state index contributed by atoms with van der Waals surface area (Å²) in [6, 6.07) is 7.39. The van der Waals surface area contributed by atoms with Crippen LogP contribution in [0.3, 0.4) is 0 Å². The van der Waals surface area contributed by atoms with Gasteiger partial charge < -0.3 is 20.1 Å². The van der Waals surface area contributed by atoms with Gasteiger partial charge in [-0.3, -0.25) is 0 Å². The van der Waals surface area contributed by atoms with Gasteiger partial charge in [-0.15, -0.1) is 0 Å². The first-order chi connectivity index (χ1) is 11.2. The second-order valence-electron chi connectivity index (χ2n) is 5.15. The van der Waals surface area contributed by atoms with Gasteiger partial charge in [0.2, 0.25) is 0 Å². The number of hydrogen-bond donors (Lipinski definition) is 1. The number of halogens is 1. The van der Waals surface area contributed by atoms with Gasteiger partial charge in [-0.2, -0.15) is 0 Å². The van der Waals surface area contributed by atoms with E-state index in [9.17, 15) is 0 Å². The van der Waals surface area contributed by atoms with Crippen LogP contribution in [-0.4, -0.2) is 42.9 Å². The van der Waals surface area contributed by atoms with Gasteiger partial charge in [0.05, 0.1) is 19.8 Å². The first-order valence-electron chi connectivity index (χ1n) is 7.58. The van der Waals surface area contributed by atoms with Gasteiger partial charge in [-0.25, -0.2) is 9.97 Å². The molecule has 1 aromatic heterocycles. The fraction of sp³-hybridized carbons (Fsp3) is 0.375. The normalized spacial score (nSPS) is 14.8. The number of anilines is 2. The maximum atomic E-state index is 6.35. The molecule has 1 aromatic carbocycles. The fourth-order valence-corrected chi connectivity index (χ4v) is 2.65. The molecule has 3 rings (SSSR count). The Bertz CT molecular complexity index is 673. The minimum absolute atomic E-state index is 0.315. The monoisotopic (exact) mass is 334 g/mol. The van der Waals surface area contributed by atoms with Gasteiger partial charge >= 0.3 is 0 Å². The molecule has 1 fully saturated rings. The molecule has 0 unspecified atom stereocenters. The lowest BCUT2D eigenvalue weighted by Gasteiger charge is -2.29. The highest BCUT2D eigenvalue weighted by Gasteiger charge is 2.22. The third-order valence-corrected chi connectivity index (χ3v) is 3.83. The summed E-state index contributed by atoms with van der Waals surface area (Å²) in [6.07, 6.45) is 0. The molecule has 0 atom stereocenters. The largest absolute Gasteiger partial charge is 0.487 e. The van der Waals surface area contributed by atoms with Crippen molar-refractivity contribution in [1.82, 2.24) is 9.97 Å². The number of ether oxygens (including phenoxy) is 2. The number of nitrogens with two attached hydrogens (primary N) is 1. The lowest BCUT2D eigenvalue weighted by molar-refractivity contribution is 0.122. The van der Waals surface area contributed by atoms with Gasteiger partial charge in [0.25, 0.3) is 0 Å². The third kappa shape index (κ3) is 3.48. The highest BCUT2D eigenvalue weighted by Crippen LogP contribution is 2.35. The van der Waals surface area contributed by atoms with E-state index in [1.165, 1.54) is 0 Å². The van der Waals surface area contributed by atoms with Gasteiger partial charge in [0, 0.05) is 24.3 Å². The average molecular weight is 335 g/mol. The van der Waals surface area contributed by atoms with Crippen molar-refractivity contribution in [2.45, 2.75) is 6.92 Å². The van der Waals surface area contributed by atoms with E-state index in [-0.39, 0.29) is 0 Å². The molecule has 0 saturated carbocycles. The number of morpholine rings is 1. The second kappa shape index (κ2) is 7.02. The van der Waals surface area contributed by atoms with Crippen molar-refractivity contribution in [2.75, 3.05) is 43.5 Å². The zero-order valence-electron chi connectivity index (χ0n) is 13.0. The first kappa shape index (κ1) is 15.8. The van der Waals surface area contributed by atoms with Crippen molar-refractivity contribution < 1.29 is 9.47 Å². The van der Waals surface area contributed by atoms with E-state index in [4.69, 9.17) is 26.8 Å². The number of nitrogens with zero attached hydrogens (tertiary/aromatic N) is 3. The summed E-state index contributed by atoms with van der Waals surface area (Å²) in [5, 5.41) is 0.315. The molecule has 0 aliphatic carbocycles. The Morgan fingerprint density at radius 2 is 1.91 bits per heavy atom. The van der Waals surface area contributed by atoms with Crippen LogP contribution in [0.4, 0.5) is 11.5 Å². The molecule has 2 N–H and O–H groups in total. The summed E-state index contributed by atoms with van der Waals surface area (Å²) in [5.41, 5.74) is 7.29. The Kier molecular flexibility index (Phi) is 4.83. The van der Waals surface area contributed by atoms with Crippen molar-refractivity contribution >= 4 is 23.1 Å². The summed E-state index contributed by atoms with van der Waals surface area (Å²) in [7, 11) is 0. The smallest absolute Gasteiger partial charge is 0.199 e. The summed E-state index contributed by atoms with van der Waals surface area (Å²) < 4.78 is 11.1. The maximum Gasteiger partial charge on any atom is 0.199 e. The predicted octanol–water partition coefficient (Wildman–Crippen LogP) is 2.61. The van der Waals surface area contributed by atoms with Crippen LogP contribution in [0.25, 0.3) is 11.4 Å². The van der Waals surface area contributed by atoms with Crippen LogP contribution >= 0.6 is 11.6 Å². The number of nitrogen functional groups attached to an aromatic ring is 1. The summed E-state index contributed by atoms with van der Waals surface area (Å²) in [6.45, 7) is 5.22. The fourth-order valence-electron chi connectivity index (χ4n) is 2.43. The van der Waals surface area contributed by atoms with Gasteiger partial charge in [0.1, 0.15) is 0 Å². The van der Waals surface area contributed by atoms with E-state index in [0.717, 1.165) is 18.7 Å². The van der Waals surface area contributed by atoms with E-state index in [2.05, 4.69) is 14.9 Å². The predicted molar refractivity (Wildman–Crippen MR) is 91.1 cm³/mol. The van der Waals surface area contributed by atoms with E-state index in [1.807, 2.05) is 31.2 Å². The third-order valence-electron chi connectivity index (χ3n) is 3.57. The van der Waals surface area contributed by atoms with Crippen LogP contribution in [0.15, 0.2) is 24.3 Å². The molecule has 2 heterocycles. The molecule has 122 valence electrons. The minimum Gasteiger partial charge on any atom is -0.487 e. The van der Waals surface area contributed by atoms with Crippen LogP contribution in [0.2, 0.25) is 5.15 Å². The Morgan fingerprint density at radius 1 is 1.22 bits per heavy atom. The van der Waals surface area contributed by atoms with E-state index in [1.54, 1.807) is 0 Å². The van der Waals surface area contributed by atoms with Crippen LogP contribution in [0, 0.1) is 0 Å². The molecule has 1 aliphatic heterocycles. The molecular weight excluding hydrogens is 316 g/mol. The molecule has 0 bridgehead atoms. The van der Waals surface area contributed by atoms with Crippen LogP contribution in [0.5, 0.6) is 5.75 Å². The van der Waals surface area contributed by atoms with Crippen molar-refractivity contribution in [3.63, 3.8) is 0 Å². The van der Waals surface area contributed by atoms with E-state index < -0.39 is 0 Å². The minimum atomic E-state index is 0.315. The Balaban J connectivity index is 2.04. The number of aromatic nitrogens is 2. The van der Waals surface area contributed by atoms with Crippen molar-refractivity contribution in [2.24, 2.45) is 0 Å². The Labute approximate surface area is 140 Å². The van der Waals surface area contributed by atoms with Gasteiger partial charge in [-0.1, -0.05) is 11.6 Å². The zero-order valence-corrected chi connectivity index (χ0v) is 13.7. The van der Waals surface area contributed by atoms with Crippen molar-refractivity contribution in [3.8, 4) is 17.1 Å². The Morgan fingerprint density at radius 3 is 2.57 bits per heavy atom. The van der Waals surface area contributed by atoms with Crippen molar-refractivity contribution in [1.29, 1.82) is 0 Å². The SMILES string of the molecule is CCOc1c(Cl)nc(-c2ccc(N)cc2)nc1N1CCOCC1. The maximum absolute atomic E-state index is 6.35.